The van der Waals surface area contributed by atoms with Crippen LogP contribution in [0.4, 0.5) is 18.0 Å². The molecule has 8 heteroatoms. The van der Waals surface area contributed by atoms with Crippen LogP contribution in [0, 0.1) is 0 Å². The maximum atomic E-state index is 11.9. The maximum Gasteiger partial charge on any atom is 0.419 e. The number of alkyl halides is 3. The van der Waals surface area contributed by atoms with Crippen LogP contribution in [0.1, 0.15) is 0 Å². The van der Waals surface area contributed by atoms with Crippen LogP contribution in [-0.2, 0) is 9.53 Å². The predicted molar refractivity (Wildman–Crippen MR) is 36.1 cm³/mol. The summed E-state index contributed by atoms with van der Waals surface area (Å²) in [5.41, 5.74) is 0. The van der Waals surface area contributed by atoms with Crippen molar-refractivity contribution < 1.29 is 27.5 Å². The summed E-state index contributed by atoms with van der Waals surface area (Å²) in [5.74, 6) is -3.07. The van der Waals surface area contributed by atoms with Crippen molar-refractivity contribution in [2.24, 2.45) is 0 Å². The molecule has 0 aromatic carbocycles. The van der Waals surface area contributed by atoms with Gasteiger partial charge in [-0.3, -0.25) is 4.79 Å². The minimum atomic E-state index is -4.91. The SMILES string of the molecule is [B]C(=O)NC(C(=O)OC)C(F)(F)F. The summed E-state index contributed by atoms with van der Waals surface area (Å²) in [4.78, 5) is 20.6. The quantitative estimate of drug-likeness (QED) is 0.497. The summed E-state index contributed by atoms with van der Waals surface area (Å²) in [6.07, 6.45) is -4.91. The molecular weight excluding hydrogens is 190 g/mol. The van der Waals surface area contributed by atoms with Crippen molar-refractivity contribution in [2.75, 3.05) is 7.11 Å². The first-order valence-corrected chi connectivity index (χ1v) is 2.99. The Morgan fingerprint density at radius 2 is 1.92 bits per heavy atom. The summed E-state index contributed by atoms with van der Waals surface area (Å²) in [5, 5.41) is 1.21. The molecule has 0 fully saturated rings. The summed E-state index contributed by atoms with van der Waals surface area (Å²) in [7, 11) is 5.19. The number of hydrogen-bond acceptors (Lipinski definition) is 3. The van der Waals surface area contributed by atoms with E-state index in [9.17, 15) is 22.8 Å². The van der Waals surface area contributed by atoms with Gasteiger partial charge in [0.2, 0.25) is 13.9 Å². The van der Waals surface area contributed by atoms with E-state index in [4.69, 9.17) is 0 Å². The van der Waals surface area contributed by atoms with Gasteiger partial charge in [-0.2, -0.15) is 13.2 Å². The monoisotopic (exact) mass is 195 g/mol. The summed E-state index contributed by atoms with van der Waals surface area (Å²) in [6.45, 7) is 0. The van der Waals surface area contributed by atoms with Crippen molar-refractivity contribution in [3.8, 4) is 0 Å². The lowest BCUT2D eigenvalue weighted by Crippen LogP contribution is -2.50. The first-order valence-electron chi connectivity index (χ1n) is 2.99. The highest BCUT2D eigenvalue weighted by molar-refractivity contribution is 6.57. The number of carbonyl (C=O) groups is 2. The van der Waals surface area contributed by atoms with Gasteiger partial charge in [0.05, 0.1) is 7.11 Å². The first kappa shape index (κ1) is 11.8. The third-order valence-electron chi connectivity index (χ3n) is 1.05. The van der Waals surface area contributed by atoms with Gasteiger partial charge in [0, 0.05) is 0 Å². The molecule has 0 rings (SSSR count). The molecule has 0 aliphatic heterocycles. The van der Waals surface area contributed by atoms with Crippen LogP contribution in [0.25, 0.3) is 0 Å². The molecule has 0 saturated heterocycles. The molecular formula is C5H5BF3NO3. The molecule has 0 aliphatic rings. The van der Waals surface area contributed by atoms with Crippen LogP contribution in [0.15, 0.2) is 0 Å². The Balaban J connectivity index is 4.56. The average Bonchev–Trinajstić information content (AvgIpc) is 1.96. The Morgan fingerprint density at radius 3 is 2.15 bits per heavy atom. The van der Waals surface area contributed by atoms with Gasteiger partial charge in [-0.15, -0.1) is 0 Å². The zero-order valence-corrected chi connectivity index (χ0v) is 6.51. The van der Waals surface area contributed by atoms with E-state index in [1.54, 1.807) is 0 Å². The van der Waals surface area contributed by atoms with E-state index in [1.807, 2.05) is 0 Å². The van der Waals surface area contributed by atoms with Gasteiger partial charge in [-0.1, -0.05) is 0 Å². The third-order valence-corrected chi connectivity index (χ3v) is 1.05. The molecule has 1 atom stereocenters. The van der Waals surface area contributed by atoms with Crippen molar-refractivity contribution in [1.29, 1.82) is 0 Å². The summed E-state index contributed by atoms with van der Waals surface area (Å²) in [6, 6.07) is -2.71. The van der Waals surface area contributed by atoms with Crippen LogP contribution in [0.2, 0.25) is 0 Å². The van der Waals surface area contributed by atoms with E-state index < -0.39 is 24.0 Å². The number of hydrogen-bond donors (Lipinski definition) is 1. The molecule has 13 heavy (non-hydrogen) atoms. The number of ether oxygens (including phenoxy) is 1. The number of methoxy groups -OCH3 is 1. The average molecular weight is 195 g/mol. The van der Waals surface area contributed by atoms with E-state index in [0.29, 0.717) is 0 Å². The molecule has 2 radical (unpaired) electrons. The fraction of sp³-hybridized carbons (Fsp3) is 0.600. The molecule has 1 amide bonds. The highest BCUT2D eigenvalue weighted by atomic mass is 19.4. The highest BCUT2D eigenvalue weighted by Gasteiger charge is 2.46. The number of carbonyl (C=O) groups excluding carboxylic acids is 2. The topological polar surface area (TPSA) is 55.4 Å². The number of halogens is 3. The fourth-order valence-corrected chi connectivity index (χ4v) is 0.534. The number of esters is 1. The third kappa shape index (κ3) is 3.81. The molecule has 0 saturated carbocycles. The Labute approximate surface area is 72.8 Å². The van der Waals surface area contributed by atoms with Crippen molar-refractivity contribution in [3.63, 3.8) is 0 Å². The molecule has 0 aromatic rings. The van der Waals surface area contributed by atoms with E-state index in [1.165, 1.54) is 5.32 Å². The van der Waals surface area contributed by atoms with Gasteiger partial charge >= 0.3 is 12.1 Å². The predicted octanol–water partition coefficient (Wildman–Crippen LogP) is -0.0316. The Kier molecular flexibility index (Phi) is 3.77. The normalized spacial score (nSPS) is 13.2. The number of nitrogens with one attached hydrogen (secondary N) is 1. The van der Waals surface area contributed by atoms with Gasteiger partial charge in [-0.25, -0.2) is 4.79 Å². The minimum Gasteiger partial charge on any atom is -0.467 e. The molecule has 1 N–H and O–H groups in total. The fourth-order valence-electron chi connectivity index (χ4n) is 0.534. The second-order valence-electron chi connectivity index (χ2n) is 2.01. The molecule has 0 aliphatic carbocycles. The van der Waals surface area contributed by atoms with Crippen molar-refractivity contribution in [1.82, 2.24) is 5.32 Å². The van der Waals surface area contributed by atoms with Gasteiger partial charge in [-0.05, 0) is 0 Å². The van der Waals surface area contributed by atoms with E-state index >= 15 is 0 Å². The van der Waals surface area contributed by atoms with Gasteiger partial charge in [0.15, 0.2) is 5.81 Å². The molecule has 0 bridgehead atoms. The lowest BCUT2D eigenvalue weighted by atomic mass is 10.1. The van der Waals surface area contributed by atoms with Gasteiger partial charge in [0.1, 0.15) is 0 Å². The van der Waals surface area contributed by atoms with E-state index in [-0.39, 0.29) is 0 Å². The number of rotatable bonds is 2. The standard InChI is InChI=1S/C5H5BF3NO3/c1-13-3(11)2(5(7,8)9)10-4(6)12/h2H,1H3,(H,10,12). The molecule has 0 heterocycles. The molecule has 0 spiro atoms. The van der Waals surface area contributed by atoms with Crippen LogP contribution in [-0.4, -0.2) is 39.0 Å². The van der Waals surface area contributed by atoms with Crippen LogP contribution in [0.3, 0.4) is 0 Å². The Bertz CT molecular complexity index is 218. The van der Waals surface area contributed by atoms with Crippen molar-refractivity contribution in [2.45, 2.75) is 12.2 Å². The largest absolute Gasteiger partial charge is 0.467 e. The lowest BCUT2D eigenvalue weighted by Gasteiger charge is -2.18. The van der Waals surface area contributed by atoms with E-state index in [2.05, 4.69) is 12.6 Å². The second kappa shape index (κ2) is 4.15. The molecule has 1 unspecified atom stereocenters. The number of amides is 1. The zero-order valence-electron chi connectivity index (χ0n) is 6.51. The lowest BCUT2D eigenvalue weighted by molar-refractivity contribution is -0.180. The van der Waals surface area contributed by atoms with Crippen molar-refractivity contribution >= 4 is 19.6 Å². The highest BCUT2D eigenvalue weighted by Crippen LogP contribution is 2.20. The smallest absolute Gasteiger partial charge is 0.419 e. The van der Waals surface area contributed by atoms with E-state index in [0.717, 1.165) is 7.11 Å². The Hall–Kier alpha value is -1.21. The summed E-state index contributed by atoms with van der Waals surface area (Å²) >= 11 is 0. The zero-order chi connectivity index (χ0) is 10.6. The molecule has 0 aromatic heterocycles. The first-order chi connectivity index (χ1) is 5.79. The van der Waals surface area contributed by atoms with Gasteiger partial charge < -0.3 is 10.1 Å². The Morgan fingerprint density at radius 1 is 1.46 bits per heavy atom. The van der Waals surface area contributed by atoms with Crippen LogP contribution >= 0.6 is 0 Å². The van der Waals surface area contributed by atoms with Crippen LogP contribution < -0.4 is 5.32 Å². The maximum absolute atomic E-state index is 11.9. The summed E-state index contributed by atoms with van der Waals surface area (Å²) < 4.78 is 39.7. The molecule has 72 valence electrons. The molecule has 4 nitrogen and oxygen atoms in total. The minimum absolute atomic E-state index is 0.768. The van der Waals surface area contributed by atoms with Crippen LogP contribution in [0.5, 0.6) is 0 Å². The second-order valence-corrected chi connectivity index (χ2v) is 2.01. The van der Waals surface area contributed by atoms with Gasteiger partial charge in [0.25, 0.3) is 0 Å². The van der Waals surface area contributed by atoms with Crippen molar-refractivity contribution in [3.05, 3.63) is 0 Å².